The summed E-state index contributed by atoms with van der Waals surface area (Å²) in [4.78, 5) is 1.97. The van der Waals surface area contributed by atoms with Crippen molar-refractivity contribution in [3.8, 4) is 23.0 Å². The number of ether oxygens (including phenoxy) is 1. The highest BCUT2D eigenvalue weighted by Gasteiger charge is 2.33. The topological polar surface area (TPSA) is 105 Å². The van der Waals surface area contributed by atoms with Crippen molar-refractivity contribution >= 4 is 11.5 Å². The van der Waals surface area contributed by atoms with E-state index in [1.54, 1.807) is 18.3 Å². The summed E-state index contributed by atoms with van der Waals surface area (Å²) >= 11 is 0. The first-order valence-electron chi connectivity index (χ1n) is 10.0. The van der Waals surface area contributed by atoms with Gasteiger partial charge in [-0.25, -0.2) is 0 Å². The number of phenolic OH excluding ortho intramolecular Hbond substituents is 4. The predicted molar refractivity (Wildman–Crippen MR) is 120 cm³/mol. The van der Waals surface area contributed by atoms with Crippen LogP contribution in [0.25, 0.3) is 11.5 Å². The van der Waals surface area contributed by atoms with Gasteiger partial charge in [0.05, 0.1) is 0 Å². The van der Waals surface area contributed by atoms with Gasteiger partial charge in [0.2, 0.25) is 5.88 Å². The van der Waals surface area contributed by atoms with Crippen molar-refractivity contribution < 1.29 is 25.2 Å². The van der Waals surface area contributed by atoms with Crippen LogP contribution in [0.15, 0.2) is 48.5 Å². The van der Waals surface area contributed by atoms with Crippen molar-refractivity contribution in [3.05, 3.63) is 59.6 Å². The summed E-state index contributed by atoms with van der Waals surface area (Å²) in [6.45, 7) is 12.0. The maximum Gasteiger partial charge on any atom is 0.218 e. The lowest BCUT2D eigenvalue weighted by Crippen LogP contribution is -2.43. The van der Waals surface area contributed by atoms with E-state index in [0.717, 1.165) is 0 Å². The maximum absolute atomic E-state index is 10.1. The Bertz CT molecular complexity index is 1020. The number of benzene rings is 2. The minimum absolute atomic E-state index is 0.0702. The molecule has 0 aliphatic carbocycles. The van der Waals surface area contributed by atoms with Gasteiger partial charge in [0.15, 0.2) is 5.76 Å². The third kappa shape index (κ3) is 5.17. The highest BCUT2D eigenvalue weighted by atomic mass is 16.5. The Morgan fingerprint density at radius 3 is 1.58 bits per heavy atom. The average Bonchev–Trinajstić information content (AvgIpc) is 2.57. The van der Waals surface area contributed by atoms with Gasteiger partial charge in [-0.15, -0.1) is 0 Å². The van der Waals surface area contributed by atoms with E-state index in [4.69, 9.17) is 4.74 Å². The molecule has 2 aromatic carbocycles. The van der Waals surface area contributed by atoms with E-state index in [2.05, 4.69) is 5.32 Å². The van der Waals surface area contributed by atoms with E-state index in [1.165, 1.54) is 24.3 Å². The Kier molecular flexibility index (Phi) is 5.48. The van der Waals surface area contributed by atoms with Crippen LogP contribution in [-0.4, -0.2) is 36.4 Å². The lowest BCUT2D eigenvalue weighted by molar-refractivity contribution is 0.230. The number of nitrogens with zero attached hydrogens (tertiary/aromatic N) is 1. The average molecular weight is 427 g/mol. The Morgan fingerprint density at radius 2 is 1.16 bits per heavy atom. The van der Waals surface area contributed by atoms with Gasteiger partial charge < -0.3 is 35.4 Å². The molecule has 0 aromatic heterocycles. The fourth-order valence-corrected chi connectivity index (χ4v) is 3.30. The van der Waals surface area contributed by atoms with Gasteiger partial charge in [0.25, 0.3) is 0 Å². The minimum Gasteiger partial charge on any atom is -0.508 e. The smallest absolute Gasteiger partial charge is 0.218 e. The molecule has 7 nitrogen and oxygen atoms in total. The molecule has 0 bridgehead atoms. The van der Waals surface area contributed by atoms with Crippen LogP contribution in [0.3, 0.4) is 0 Å². The molecule has 0 radical (unpaired) electrons. The summed E-state index contributed by atoms with van der Waals surface area (Å²) in [6, 6.07) is 8.64. The van der Waals surface area contributed by atoms with Crippen LogP contribution < -0.4 is 5.32 Å². The first-order chi connectivity index (χ1) is 14.2. The van der Waals surface area contributed by atoms with Crippen molar-refractivity contribution in [2.75, 3.05) is 0 Å². The van der Waals surface area contributed by atoms with Crippen molar-refractivity contribution in [2.45, 2.75) is 52.6 Å². The second kappa shape index (κ2) is 7.65. The van der Waals surface area contributed by atoms with Crippen LogP contribution in [0, 0.1) is 0 Å². The van der Waals surface area contributed by atoms with Crippen LogP contribution in [-0.2, 0) is 4.74 Å². The molecule has 0 amide bonds. The van der Waals surface area contributed by atoms with Gasteiger partial charge in [-0.3, -0.25) is 0 Å². The molecule has 1 aliphatic rings. The zero-order chi connectivity index (χ0) is 23.1. The highest BCUT2D eigenvalue weighted by Crippen LogP contribution is 2.41. The summed E-state index contributed by atoms with van der Waals surface area (Å²) in [6.07, 6.45) is 1.78. The second-order valence-electron chi connectivity index (χ2n) is 9.67. The van der Waals surface area contributed by atoms with Gasteiger partial charge in [0, 0.05) is 40.5 Å². The van der Waals surface area contributed by atoms with Gasteiger partial charge in [-0.2, -0.15) is 0 Å². The molecular formula is C24H30N2O5. The molecular weight excluding hydrogens is 396 g/mol. The van der Waals surface area contributed by atoms with Crippen LogP contribution in [0.5, 0.6) is 23.0 Å². The lowest BCUT2D eigenvalue weighted by atomic mass is 9.99. The van der Waals surface area contributed by atoms with E-state index < -0.39 is 5.54 Å². The molecule has 31 heavy (non-hydrogen) atoms. The first-order valence-corrected chi connectivity index (χ1v) is 10.0. The Morgan fingerprint density at radius 1 is 0.710 bits per heavy atom. The number of nitrogens with one attached hydrogen (secondary N) is 1. The van der Waals surface area contributed by atoms with Crippen molar-refractivity contribution in [1.29, 1.82) is 0 Å². The number of aromatic hydroxyl groups is 4. The largest absolute Gasteiger partial charge is 0.508 e. The molecule has 1 aliphatic heterocycles. The fourth-order valence-electron chi connectivity index (χ4n) is 3.30. The Balaban J connectivity index is 2.25. The van der Waals surface area contributed by atoms with Gasteiger partial charge >= 0.3 is 0 Å². The summed E-state index contributed by atoms with van der Waals surface area (Å²) in [7, 11) is 0. The summed E-state index contributed by atoms with van der Waals surface area (Å²) in [5.74, 6) is 0.520. The number of phenols is 4. The lowest BCUT2D eigenvalue weighted by Gasteiger charge is -2.42. The Labute approximate surface area is 182 Å². The predicted octanol–water partition coefficient (Wildman–Crippen LogP) is 4.65. The van der Waals surface area contributed by atoms with Gasteiger partial charge in [-0.05, 0) is 65.8 Å². The molecule has 0 spiro atoms. The van der Waals surface area contributed by atoms with Crippen LogP contribution in [0.4, 0.5) is 0 Å². The molecule has 7 heteroatoms. The summed E-state index contributed by atoms with van der Waals surface area (Å²) < 4.78 is 6.23. The number of hydrogen-bond acceptors (Lipinski definition) is 7. The first kappa shape index (κ1) is 22.2. The monoisotopic (exact) mass is 426 g/mol. The zero-order valence-corrected chi connectivity index (χ0v) is 18.7. The Hall–Kier alpha value is -3.48. The molecule has 3 rings (SSSR count). The summed E-state index contributed by atoms with van der Waals surface area (Å²) in [5.41, 5.74) is 0.898. The molecule has 0 fully saturated rings. The molecule has 2 aromatic rings. The molecule has 0 saturated heterocycles. The van der Waals surface area contributed by atoms with E-state index in [-0.39, 0.29) is 28.5 Å². The van der Waals surface area contributed by atoms with E-state index in [1.807, 2.05) is 46.4 Å². The third-order valence-corrected chi connectivity index (χ3v) is 4.49. The minimum atomic E-state index is -0.422. The third-order valence-electron chi connectivity index (χ3n) is 4.49. The highest BCUT2D eigenvalue weighted by molar-refractivity contribution is 5.76. The molecule has 5 N–H and O–H groups in total. The van der Waals surface area contributed by atoms with Gasteiger partial charge in [-0.1, -0.05) is 0 Å². The molecule has 0 atom stereocenters. The fraction of sp³-hybridized carbons (Fsp3) is 0.333. The van der Waals surface area contributed by atoms with Crippen molar-refractivity contribution in [3.63, 3.8) is 0 Å². The molecule has 166 valence electrons. The van der Waals surface area contributed by atoms with Crippen LogP contribution >= 0.6 is 0 Å². The van der Waals surface area contributed by atoms with Crippen LogP contribution in [0.2, 0.25) is 0 Å². The number of hydrogen-bond donors (Lipinski definition) is 5. The van der Waals surface area contributed by atoms with E-state index in [0.29, 0.717) is 28.5 Å². The van der Waals surface area contributed by atoms with Crippen LogP contribution in [0.1, 0.15) is 52.7 Å². The van der Waals surface area contributed by atoms with E-state index in [9.17, 15) is 20.4 Å². The maximum atomic E-state index is 10.1. The normalized spacial score (nSPS) is 14.9. The zero-order valence-electron chi connectivity index (χ0n) is 18.7. The SMILES string of the molecule is CC(C)(C)NC1=C(c2cc(O)cc(O)c2)N(C(C)(C)C)C=C(c2cc(O)cc(O)c2)O1. The van der Waals surface area contributed by atoms with Gasteiger partial charge in [0.1, 0.15) is 28.7 Å². The number of rotatable bonds is 3. The standard InChI is InChI=1S/C24H30N2O5/c1-23(2,3)25-22-21(15-9-18(29)12-19(30)10-15)26(24(4,5)6)13-20(31-22)14-7-16(27)11-17(28)8-14/h7-13,25,27-30H,1-6H3. The molecule has 0 saturated carbocycles. The second-order valence-corrected chi connectivity index (χ2v) is 9.67. The molecule has 0 unspecified atom stereocenters. The summed E-state index contributed by atoms with van der Waals surface area (Å²) in [5, 5.41) is 43.5. The molecule has 1 heterocycles. The van der Waals surface area contributed by atoms with Crippen molar-refractivity contribution in [2.24, 2.45) is 0 Å². The van der Waals surface area contributed by atoms with E-state index >= 15 is 0 Å². The quantitative estimate of drug-likeness (QED) is 0.486. The van der Waals surface area contributed by atoms with Crippen molar-refractivity contribution in [1.82, 2.24) is 10.2 Å².